The number of carbonyl (C=O) groups is 2. The second-order valence-electron chi connectivity index (χ2n) is 6.68. The number of benzene rings is 2. The van der Waals surface area contributed by atoms with E-state index in [0.29, 0.717) is 11.3 Å². The standard InChI is InChI=1S/C21H25N3O2/c1-14(2)19(16-8-6-5-7-9-16)23-24-21(26)17-10-12-18(13-11-17)22-20(25)15(3)4/h5-15H,1-4H3,(H,22,25)(H,24,26)/b23-19+. The average molecular weight is 351 g/mol. The number of amides is 2. The first-order valence-corrected chi connectivity index (χ1v) is 8.72. The van der Waals surface area contributed by atoms with E-state index in [4.69, 9.17) is 0 Å². The molecule has 0 unspecified atom stereocenters. The van der Waals surface area contributed by atoms with Gasteiger partial charge in [-0.1, -0.05) is 58.0 Å². The molecule has 5 heteroatoms. The smallest absolute Gasteiger partial charge is 0.271 e. The summed E-state index contributed by atoms with van der Waals surface area (Å²) >= 11 is 0. The normalized spacial score (nSPS) is 11.5. The van der Waals surface area contributed by atoms with Crippen LogP contribution in [0.15, 0.2) is 59.7 Å². The average Bonchev–Trinajstić information content (AvgIpc) is 2.62. The van der Waals surface area contributed by atoms with Gasteiger partial charge in [-0.25, -0.2) is 5.43 Å². The van der Waals surface area contributed by atoms with E-state index in [1.807, 2.05) is 58.0 Å². The van der Waals surface area contributed by atoms with Crippen molar-refractivity contribution in [2.45, 2.75) is 27.7 Å². The minimum atomic E-state index is -0.291. The van der Waals surface area contributed by atoms with Crippen molar-refractivity contribution in [3.05, 3.63) is 65.7 Å². The third-order valence-electron chi connectivity index (χ3n) is 3.83. The molecule has 136 valence electrons. The molecule has 0 saturated carbocycles. The Labute approximate surface area is 154 Å². The van der Waals surface area contributed by atoms with Crippen molar-refractivity contribution in [2.75, 3.05) is 5.32 Å². The lowest BCUT2D eigenvalue weighted by atomic mass is 10.0. The molecule has 0 aliphatic carbocycles. The van der Waals surface area contributed by atoms with Crippen molar-refractivity contribution < 1.29 is 9.59 Å². The number of hydrazone groups is 1. The summed E-state index contributed by atoms with van der Waals surface area (Å²) in [5.41, 5.74) is 5.56. The molecule has 0 aromatic heterocycles. The van der Waals surface area contributed by atoms with E-state index in [1.165, 1.54) is 0 Å². The highest BCUT2D eigenvalue weighted by Gasteiger charge is 2.11. The summed E-state index contributed by atoms with van der Waals surface area (Å²) in [6.45, 7) is 7.72. The van der Waals surface area contributed by atoms with Crippen LogP contribution in [-0.2, 0) is 4.79 Å². The summed E-state index contributed by atoms with van der Waals surface area (Å²) in [7, 11) is 0. The Balaban J connectivity index is 2.08. The summed E-state index contributed by atoms with van der Waals surface area (Å²) in [4.78, 5) is 24.0. The van der Waals surface area contributed by atoms with Gasteiger partial charge in [0.05, 0.1) is 5.71 Å². The molecular formula is C21H25N3O2. The van der Waals surface area contributed by atoms with Crippen molar-refractivity contribution in [3.63, 3.8) is 0 Å². The number of hydrogen-bond donors (Lipinski definition) is 2. The van der Waals surface area contributed by atoms with E-state index < -0.39 is 0 Å². The van der Waals surface area contributed by atoms with E-state index in [9.17, 15) is 9.59 Å². The van der Waals surface area contributed by atoms with Crippen LogP contribution in [0.1, 0.15) is 43.6 Å². The zero-order valence-electron chi connectivity index (χ0n) is 15.6. The maximum atomic E-state index is 12.3. The first kappa shape index (κ1) is 19.4. The molecule has 0 atom stereocenters. The Kier molecular flexibility index (Phi) is 6.67. The fourth-order valence-electron chi connectivity index (χ4n) is 2.30. The SMILES string of the molecule is CC(C)C(=O)Nc1ccc(C(=O)N/N=C(/c2ccccc2)C(C)C)cc1. The molecule has 0 radical (unpaired) electrons. The van der Waals surface area contributed by atoms with Gasteiger partial charge in [0, 0.05) is 17.2 Å². The third kappa shape index (κ3) is 5.28. The van der Waals surface area contributed by atoms with Gasteiger partial charge in [-0.15, -0.1) is 0 Å². The largest absolute Gasteiger partial charge is 0.326 e. The van der Waals surface area contributed by atoms with Gasteiger partial charge in [-0.05, 0) is 35.7 Å². The van der Waals surface area contributed by atoms with Gasteiger partial charge in [0.1, 0.15) is 0 Å². The van der Waals surface area contributed by atoms with Crippen molar-refractivity contribution in [3.8, 4) is 0 Å². The van der Waals surface area contributed by atoms with E-state index >= 15 is 0 Å². The number of carbonyl (C=O) groups excluding carboxylic acids is 2. The molecule has 26 heavy (non-hydrogen) atoms. The summed E-state index contributed by atoms with van der Waals surface area (Å²) < 4.78 is 0. The van der Waals surface area contributed by atoms with Crippen LogP contribution in [-0.4, -0.2) is 17.5 Å². The fourth-order valence-corrected chi connectivity index (χ4v) is 2.30. The summed E-state index contributed by atoms with van der Waals surface area (Å²) in [6.07, 6.45) is 0. The molecule has 0 aliphatic heterocycles. The molecule has 0 spiro atoms. The lowest BCUT2D eigenvalue weighted by molar-refractivity contribution is -0.118. The van der Waals surface area contributed by atoms with Crippen LogP contribution in [0.4, 0.5) is 5.69 Å². The quantitative estimate of drug-likeness (QED) is 0.608. The predicted molar refractivity (Wildman–Crippen MR) is 105 cm³/mol. The second kappa shape index (κ2) is 8.94. The number of anilines is 1. The Hall–Kier alpha value is -2.95. The van der Waals surface area contributed by atoms with Crippen molar-refractivity contribution in [1.82, 2.24) is 5.43 Å². The van der Waals surface area contributed by atoms with Crippen LogP contribution in [0, 0.1) is 11.8 Å². The fraction of sp³-hybridized carbons (Fsp3) is 0.286. The molecule has 2 N–H and O–H groups in total. The molecule has 0 heterocycles. The highest BCUT2D eigenvalue weighted by Crippen LogP contribution is 2.12. The lowest BCUT2D eigenvalue weighted by Gasteiger charge is -2.11. The van der Waals surface area contributed by atoms with Crippen LogP contribution in [0.25, 0.3) is 0 Å². The topological polar surface area (TPSA) is 70.6 Å². The zero-order valence-corrected chi connectivity index (χ0v) is 15.6. The van der Waals surface area contributed by atoms with Crippen molar-refractivity contribution in [1.29, 1.82) is 0 Å². The first-order chi connectivity index (χ1) is 12.4. The maximum absolute atomic E-state index is 12.3. The molecule has 0 fully saturated rings. The minimum absolute atomic E-state index is 0.0590. The molecule has 0 aliphatic rings. The van der Waals surface area contributed by atoms with Crippen LogP contribution in [0.3, 0.4) is 0 Å². The predicted octanol–water partition coefficient (Wildman–Crippen LogP) is 4.07. The third-order valence-corrected chi connectivity index (χ3v) is 3.83. The van der Waals surface area contributed by atoms with Crippen LogP contribution in [0.2, 0.25) is 0 Å². The van der Waals surface area contributed by atoms with E-state index in [2.05, 4.69) is 15.8 Å². The molecule has 0 bridgehead atoms. The molecule has 5 nitrogen and oxygen atoms in total. The molecule has 2 amide bonds. The van der Waals surface area contributed by atoms with E-state index in [1.54, 1.807) is 24.3 Å². The summed E-state index contributed by atoms with van der Waals surface area (Å²) in [5, 5.41) is 7.11. The Bertz CT molecular complexity index is 779. The van der Waals surface area contributed by atoms with Crippen LogP contribution < -0.4 is 10.7 Å². The Morgan fingerprint density at radius 2 is 1.42 bits per heavy atom. The summed E-state index contributed by atoms with van der Waals surface area (Å²) in [5.74, 6) is -0.275. The van der Waals surface area contributed by atoms with Gasteiger partial charge in [-0.3, -0.25) is 9.59 Å². The van der Waals surface area contributed by atoms with Crippen LogP contribution in [0.5, 0.6) is 0 Å². The molecule has 2 rings (SSSR count). The maximum Gasteiger partial charge on any atom is 0.271 e. The minimum Gasteiger partial charge on any atom is -0.326 e. The zero-order chi connectivity index (χ0) is 19.1. The van der Waals surface area contributed by atoms with Gasteiger partial charge >= 0.3 is 0 Å². The monoisotopic (exact) mass is 351 g/mol. The van der Waals surface area contributed by atoms with E-state index in [-0.39, 0.29) is 23.7 Å². The van der Waals surface area contributed by atoms with Gasteiger partial charge in [0.25, 0.3) is 5.91 Å². The van der Waals surface area contributed by atoms with Crippen molar-refractivity contribution in [2.24, 2.45) is 16.9 Å². The number of rotatable bonds is 6. The van der Waals surface area contributed by atoms with Crippen molar-refractivity contribution >= 4 is 23.2 Å². The summed E-state index contributed by atoms with van der Waals surface area (Å²) in [6, 6.07) is 16.5. The number of hydrogen-bond acceptors (Lipinski definition) is 3. The molecule has 2 aromatic carbocycles. The second-order valence-corrected chi connectivity index (χ2v) is 6.68. The van der Waals surface area contributed by atoms with Gasteiger partial charge < -0.3 is 5.32 Å². The van der Waals surface area contributed by atoms with Crippen LogP contribution >= 0.6 is 0 Å². The lowest BCUT2D eigenvalue weighted by Crippen LogP contribution is -2.22. The first-order valence-electron chi connectivity index (χ1n) is 8.72. The number of nitrogens with one attached hydrogen (secondary N) is 2. The Morgan fingerprint density at radius 3 is 1.96 bits per heavy atom. The Morgan fingerprint density at radius 1 is 0.808 bits per heavy atom. The highest BCUT2D eigenvalue weighted by atomic mass is 16.2. The van der Waals surface area contributed by atoms with Gasteiger partial charge in [0.2, 0.25) is 5.91 Å². The molecule has 0 saturated heterocycles. The van der Waals surface area contributed by atoms with Gasteiger partial charge in [-0.2, -0.15) is 5.10 Å². The molecular weight excluding hydrogens is 326 g/mol. The molecule has 2 aromatic rings. The number of nitrogens with zero attached hydrogens (tertiary/aromatic N) is 1. The highest BCUT2D eigenvalue weighted by molar-refractivity contribution is 6.03. The van der Waals surface area contributed by atoms with E-state index in [0.717, 1.165) is 11.3 Å². The van der Waals surface area contributed by atoms with Gasteiger partial charge in [0.15, 0.2) is 0 Å².